The maximum absolute atomic E-state index is 11.2. The van der Waals surface area contributed by atoms with Crippen LogP contribution in [0, 0.1) is 5.41 Å². The molecule has 12 heavy (non-hydrogen) atoms. The zero-order chi connectivity index (χ0) is 8.82. The second-order valence-electron chi connectivity index (χ2n) is 4.10. The highest BCUT2D eigenvalue weighted by Gasteiger charge is 2.59. The van der Waals surface area contributed by atoms with Crippen LogP contribution in [0.4, 0.5) is 0 Å². The van der Waals surface area contributed by atoms with Crippen molar-refractivity contribution in [1.82, 2.24) is 5.32 Å². The van der Waals surface area contributed by atoms with Crippen LogP contribution in [0.2, 0.25) is 0 Å². The summed E-state index contributed by atoms with van der Waals surface area (Å²) in [5, 5.41) is 3.19. The normalized spacial score (nSPS) is 28.8. The summed E-state index contributed by atoms with van der Waals surface area (Å²) in [6, 6.07) is 0. The van der Waals surface area contributed by atoms with Crippen molar-refractivity contribution in [2.75, 3.05) is 20.2 Å². The predicted octanol–water partition coefficient (Wildman–Crippen LogP) is -0.760. The molecule has 0 unspecified atom stereocenters. The Morgan fingerprint density at radius 3 is 2.42 bits per heavy atom. The highest BCUT2D eigenvalue weighted by atomic mass is 16.5. The van der Waals surface area contributed by atoms with Gasteiger partial charge in [0.25, 0.3) is 0 Å². The van der Waals surface area contributed by atoms with Gasteiger partial charge in [-0.05, 0) is 18.3 Å². The van der Waals surface area contributed by atoms with Crippen molar-refractivity contribution < 1.29 is 9.53 Å². The van der Waals surface area contributed by atoms with Gasteiger partial charge in [-0.2, -0.15) is 0 Å². The molecule has 2 rings (SSSR count). The van der Waals surface area contributed by atoms with E-state index in [1.807, 2.05) is 0 Å². The summed E-state index contributed by atoms with van der Waals surface area (Å²) in [5.41, 5.74) is 5.48. The number of nitrogens with two attached hydrogens (primary N) is 1. The molecule has 0 aromatic heterocycles. The van der Waals surface area contributed by atoms with Crippen molar-refractivity contribution in [1.29, 1.82) is 0 Å². The lowest BCUT2D eigenvalue weighted by Crippen LogP contribution is -2.72. The Bertz CT molecular complexity index is 215. The Labute approximate surface area is 71.4 Å². The Morgan fingerprint density at radius 1 is 1.50 bits per heavy atom. The van der Waals surface area contributed by atoms with Crippen LogP contribution in [-0.4, -0.2) is 31.7 Å². The summed E-state index contributed by atoms with van der Waals surface area (Å²) in [5.74, 6) is -0.264. The van der Waals surface area contributed by atoms with Crippen LogP contribution in [0.15, 0.2) is 0 Å². The molecule has 2 fully saturated rings. The van der Waals surface area contributed by atoms with Crippen LogP contribution in [0.5, 0.6) is 0 Å². The fraction of sp³-hybridized carbons (Fsp3) is 0.875. The van der Waals surface area contributed by atoms with Crippen LogP contribution in [0.3, 0.4) is 0 Å². The molecular weight excluding hydrogens is 156 g/mol. The van der Waals surface area contributed by atoms with E-state index in [0.29, 0.717) is 5.41 Å². The third-order valence-corrected chi connectivity index (χ3v) is 2.97. The van der Waals surface area contributed by atoms with Crippen LogP contribution in [0.25, 0.3) is 0 Å². The molecule has 0 aromatic carbocycles. The van der Waals surface area contributed by atoms with Gasteiger partial charge < -0.3 is 15.8 Å². The first kappa shape index (κ1) is 8.01. The number of carbonyl (C=O) groups excluding carboxylic acids is 1. The van der Waals surface area contributed by atoms with Crippen molar-refractivity contribution in [3.8, 4) is 0 Å². The van der Waals surface area contributed by atoms with Gasteiger partial charge in [-0.1, -0.05) is 0 Å². The summed E-state index contributed by atoms with van der Waals surface area (Å²) in [6.07, 6.45) is 1.55. The van der Waals surface area contributed by atoms with Crippen LogP contribution in [0.1, 0.15) is 12.8 Å². The Kier molecular flexibility index (Phi) is 1.47. The summed E-state index contributed by atoms with van der Waals surface area (Å²) < 4.78 is 4.63. The van der Waals surface area contributed by atoms with Crippen molar-refractivity contribution in [3.05, 3.63) is 0 Å². The predicted molar refractivity (Wildman–Crippen MR) is 43.5 cm³/mol. The highest BCUT2D eigenvalue weighted by molar-refractivity contribution is 5.82. The molecule has 3 N–H and O–H groups in total. The van der Waals surface area contributed by atoms with E-state index in [2.05, 4.69) is 10.1 Å². The van der Waals surface area contributed by atoms with E-state index in [9.17, 15) is 4.79 Å². The second-order valence-corrected chi connectivity index (χ2v) is 4.10. The van der Waals surface area contributed by atoms with Gasteiger partial charge in [-0.3, -0.25) is 4.79 Å². The highest BCUT2D eigenvalue weighted by Crippen LogP contribution is 2.49. The Hall–Kier alpha value is -0.610. The quantitative estimate of drug-likeness (QED) is 0.508. The topological polar surface area (TPSA) is 64.3 Å². The lowest BCUT2D eigenvalue weighted by atomic mass is 9.54. The molecule has 0 radical (unpaired) electrons. The summed E-state index contributed by atoms with van der Waals surface area (Å²) in [4.78, 5) is 11.2. The molecule has 1 saturated heterocycles. The zero-order valence-corrected chi connectivity index (χ0v) is 7.22. The maximum Gasteiger partial charge on any atom is 0.325 e. The summed E-state index contributed by atoms with van der Waals surface area (Å²) in [6.45, 7) is 2.01. The first-order valence-electron chi connectivity index (χ1n) is 4.18. The standard InChI is InChI=1S/C8H14N2O2/c1-12-6(11)8(9)2-7(3-8)4-10-5-7/h10H,2-5,9H2,1H3. The van der Waals surface area contributed by atoms with Gasteiger partial charge in [-0.15, -0.1) is 0 Å². The number of hydrogen-bond donors (Lipinski definition) is 2. The molecule has 1 aliphatic heterocycles. The zero-order valence-electron chi connectivity index (χ0n) is 7.22. The molecule has 68 valence electrons. The lowest BCUT2D eigenvalue weighted by Gasteiger charge is -2.57. The van der Waals surface area contributed by atoms with E-state index in [4.69, 9.17) is 5.73 Å². The summed E-state index contributed by atoms with van der Waals surface area (Å²) in [7, 11) is 1.39. The smallest absolute Gasteiger partial charge is 0.325 e. The number of nitrogens with one attached hydrogen (secondary N) is 1. The molecular formula is C8H14N2O2. The molecule has 0 aromatic rings. The fourth-order valence-corrected chi connectivity index (χ4v) is 2.36. The number of rotatable bonds is 1. The van der Waals surface area contributed by atoms with Gasteiger partial charge in [0.05, 0.1) is 7.11 Å². The van der Waals surface area contributed by atoms with E-state index < -0.39 is 5.54 Å². The van der Waals surface area contributed by atoms with Crippen LogP contribution in [-0.2, 0) is 9.53 Å². The molecule has 1 heterocycles. The average Bonchev–Trinajstić information content (AvgIpc) is 1.93. The first-order chi connectivity index (χ1) is 5.60. The number of methoxy groups -OCH3 is 1. The monoisotopic (exact) mass is 170 g/mol. The van der Waals surface area contributed by atoms with Gasteiger partial charge in [-0.25, -0.2) is 0 Å². The van der Waals surface area contributed by atoms with E-state index >= 15 is 0 Å². The second kappa shape index (κ2) is 2.20. The third-order valence-electron chi connectivity index (χ3n) is 2.97. The number of hydrogen-bond acceptors (Lipinski definition) is 4. The largest absolute Gasteiger partial charge is 0.468 e. The van der Waals surface area contributed by atoms with Crippen LogP contribution < -0.4 is 11.1 Å². The van der Waals surface area contributed by atoms with Gasteiger partial charge in [0, 0.05) is 13.1 Å². The molecule has 2 aliphatic rings. The van der Waals surface area contributed by atoms with E-state index in [1.165, 1.54) is 7.11 Å². The fourth-order valence-electron chi connectivity index (χ4n) is 2.36. The van der Waals surface area contributed by atoms with E-state index in [1.54, 1.807) is 0 Å². The molecule has 0 atom stereocenters. The minimum atomic E-state index is -0.684. The minimum absolute atomic E-state index is 0.264. The lowest BCUT2D eigenvalue weighted by molar-refractivity contribution is -0.159. The molecule has 4 nitrogen and oxygen atoms in total. The Morgan fingerprint density at radius 2 is 2.08 bits per heavy atom. The first-order valence-corrected chi connectivity index (χ1v) is 4.18. The number of carbonyl (C=O) groups is 1. The van der Waals surface area contributed by atoms with Gasteiger partial charge in [0.15, 0.2) is 0 Å². The van der Waals surface area contributed by atoms with Crippen molar-refractivity contribution >= 4 is 5.97 Å². The van der Waals surface area contributed by atoms with Crippen LogP contribution >= 0.6 is 0 Å². The molecule has 0 amide bonds. The van der Waals surface area contributed by atoms with Crippen molar-refractivity contribution in [3.63, 3.8) is 0 Å². The molecule has 1 aliphatic carbocycles. The van der Waals surface area contributed by atoms with Gasteiger partial charge in [0.1, 0.15) is 5.54 Å². The van der Waals surface area contributed by atoms with Crippen molar-refractivity contribution in [2.45, 2.75) is 18.4 Å². The van der Waals surface area contributed by atoms with Gasteiger partial charge >= 0.3 is 5.97 Å². The SMILES string of the molecule is COC(=O)C1(N)CC2(CNC2)C1. The minimum Gasteiger partial charge on any atom is -0.468 e. The number of ether oxygens (including phenoxy) is 1. The molecule has 1 saturated carbocycles. The average molecular weight is 170 g/mol. The molecule has 4 heteroatoms. The van der Waals surface area contributed by atoms with Crippen molar-refractivity contribution in [2.24, 2.45) is 11.1 Å². The van der Waals surface area contributed by atoms with Gasteiger partial charge in [0.2, 0.25) is 0 Å². The number of esters is 1. The molecule has 0 bridgehead atoms. The Balaban J connectivity index is 1.96. The van der Waals surface area contributed by atoms with E-state index in [-0.39, 0.29) is 5.97 Å². The summed E-state index contributed by atoms with van der Waals surface area (Å²) >= 11 is 0. The molecule has 1 spiro atoms. The third kappa shape index (κ3) is 0.881. The van der Waals surface area contributed by atoms with E-state index in [0.717, 1.165) is 25.9 Å². The maximum atomic E-state index is 11.2.